The molecule has 0 aliphatic rings. The molecule has 0 saturated carbocycles. The molecule has 1 rings (SSSR count). The highest BCUT2D eigenvalue weighted by atomic mass is 16.5. The SMILES string of the molecule is Cc1ccc(OCC(N)=O)c(CO)n1. The number of hydrogen-bond acceptors (Lipinski definition) is 4. The number of hydrogen-bond donors (Lipinski definition) is 2. The summed E-state index contributed by atoms with van der Waals surface area (Å²) in [6.07, 6.45) is 0. The minimum absolute atomic E-state index is 0.211. The fraction of sp³-hybridized carbons (Fsp3) is 0.333. The Kier molecular flexibility index (Phi) is 3.41. The van der Waals surface area contributed by atoms with Crippen molar-refractivity contribution in [2.45, 2.75) is 13.5 Å². The van der Waals surface area contributed by atoms with E-state index in [1.165, 1.54) is 0 Å². The van der Waals surface area contributed by atoms with Crippen molar-refractivity contribution in [2.75, 3.05) is 6.61 Å². The van der Waals surface area contributed by atoms with Gasteiger partial charge in [-0.05, 0) is 19.1 Å². The van der Waals surface area contributed by atoms with Gasteiger partial charge < -0.3 is 15.6 Å². The molecule has 14 heavy (non-hydrogen) atoms. The van der Waals surface area contributed by atoms with Crippen molar-refractivity contribution in [3.8, 4) is 5.75 Å². The lowest BCUT2D eigenvalue weighted by atomic mass is 10.3. The van der Waals surface area contributed by atoms with E-state index in [1.54, 1.807) is 19.1 Å². The van der Waals surface area contributed by atoms with Gasteiger partial charge >= 0.3 is 0 Å². The van der Waals surface area contributed by atoms with Gasteiger partial charge in [0.05, 0.1) is 6.61 Å². The van der Waals surface area contributed by atoms with Gasteiger partial charge in [-0.1, -0.05) is 0 Å². The molecule has 5 nitrogen and oxygen atoms in total. The van der Waals surface area contributed by atoms with E-state index in [9.17, 15) is 4.79 Å². The molecule has 0 spiro atoms. The van der Waals surface area contributed by atoms with Gasteiger partial charge in [-0.3, -0.25) is 9.78 Å². The van der Waals surface area contributed by atoms with Crippen LogP contribution in [0.5, 0.6) is 5.75 Å². The van der Waals surface area contributed by atoms with Gasteiger partial charge in [-0.2, -0.15) is 0 Å². The van der Waals surface area contributed by atoms with Crippen molar-refractivity contribution in [3.05, 3.63) is 23.5 Å². The molecule has 0 saturated heterocycles. The third-order valence-electron chi connectivity index (χ3n) is 1.59. The third-order valence-corrected chi connectivity index (χ3v) is 1.59. The van der Waals surface area contributed by atoms with Crippen LogP contribution in [-0.2, 0) is 11.4 Å². The van der Waals surface area contributed by atoms with E-state index in [0.717, 1.165) is 5.69 Å². The van der Waals surface area contributed by atoms with Crippen LogP contribution in [0.25, 0.3) is 0 Å². The first-order valence-electron chi connectivity index (χ1n) is 4.12. The summed E-state index contributed by atoms with van der Waals surface area (Å²) in [6, 6.07) is 3.38. The minimum atomic E-state index is -0.561. The van der Waals surface area contributed by atoms with Gasteiger partial charge in [0.15, 0.2) is 6.61 Å². The fourth-order valence-corrected chi connectivity index (χ4v) is 0.991. The average Bonchev–Trinajstić information content (AvgIpc) is 2.15. The highest BCUT2D eigenvalue weighted by Gasteiger charge is 2.05. The smallest absolute Gasteiger partial charge is 0.255 e. The minimum Gasteiger partial charge on any atom is -0.482 e. The lowest BCUT2D eigenvalue weighted by Crippen LogP contribution is -2.20. The quantitative estimate of drug-likeness (QED) is 0.695. The summed E-state index contributed by atoms with van der Waals surface area (Å²) in [5.41, 5.74) is 6.10. The molecular weight excluding hydrogens is 184 g/mol. The number of primary amides is 1. The number of ether oxygens (including phenoxy) is 1. The maximum absolute atomic E-state index is 10.5. The van der Waals surface area contributed by atoms with Crippen LogP contribution >= 0.6 is 0 Å². The third kappa shape index (κ3) is 2.70. The van der Waals surface area contributed by atoms with Crippen molar-refractivity contribution >= 4 is 5.91 Å². The number of rotatable bonds is 4. The van der Waals surface area contributed by atoms with E-state index < -0.39 is 5.91 Å². The standard InChI is InChI=1S/C9H12N2O3/c1-6-2-3-8(7(4-12)11-6)14-5-9(10)13/h2-3,12H,4-5H2,1H3,(H2,10,13). The van der Waals surface area contributed by atoms with Gasteiger partial charge in [0.25, 0.3) is 5.91 Å². The van der Waals surface area contributed by atoms with Crippen LogP contribution in [0.1, 0.15) is 11.4 Å². The predicted octanol–water partition coefficient (Wildman–Crippen LogP) is -0.254. The molecule has 3 N–H and O–H groups in total. The molecule has 0 aliphatic heterocycles. The molecule has 0 bridgehead atoms. The van der Waals surface area contributed by atoms with Crippen LogP contribution < -0.4 is 10.5 Å². The Labute approximate surface area is 81.5 Å². The molecule has 0 unspecified atom stereocenters. The van der Waals surface area contributed by atoms with E-state index in [-0.39, 0.29) is 13.2 Å². The highest BCUT2D eigenvalue weighted by Crippen LogP contribution is 2.16. The van der Waals surface area contributed by atoms with Gasteiger partial charge in [0.1, 0.15) is 11.4 Å². The Morgan fingerprint density at radius 3 is 2.93 bits per heavy atom. The number of carbonyl (C=O) groups excluding carboxylic acids is 1. The molecule has 76 valence electrons. The first-order chi connectivity index (χ1) is 6.63. The summed E-state index contributed by atoms with van der Waals surface area (Å²) in [6.45, 7) is 1.37. The van der Waals surface area contributed by atoms with Gasteiger partial charge in [0, 0.05) is 5.69 Å². The van der Waals surface area contributed by atoms with Crippen LogP contribution in [0.3, 0.4) is 0 Å². The number of aliphatic hydroxyl groups is 1. The maximum Gasteiger partial charge on any atom is 0.255 e. The van der Waals surface area contributed by atoms with Crippen LogP contribution in [0.4, 0.5) is 0 Å². The number of nitrogens with two attached hydrogens (primary N) is 1. The van der Waals surface area contributed by atoms with E-state index in [1.807, 2.05) is 0 Å². The number of carbonyl (C=O) groups is 1. The predicted molar refractivity (Wildman–Crippen MR) is 49.6 cm³/mol. The molecule has 1 amide bonds. The van der Waals surface area contributed by atoms with Crippen molar-refractivity contribution in [1.82, 2.24) is 4.98 Å². The monoisotopic (exact) mass is 196 g/mol. The zero-order valence-corrected chi connectivity index (χ0v) is 7.86. The zero-order valence-electron chi connectivity index (χ0n) is 7.86. The molecule has 0 atom stereocenters. The summed E-state index contributed by atoms with van der Waals surface area (Å²) in [7, 11) is 0. The Bertz CT molecular complexity index is 339. The van der Waals surface area contributed by atoms with E-state index in [2.05, 4.69) is 4.98 Å². The fourth-order valence-electron chi connectivity index (χ4n) is 0.991. The van der Waals surface area contributed by atoms with Crippen LogP contribution in [0, 0.1) is 6.92 Å². The Balaban J connectivity index is 2.80. The molecule has 1 aromatic rings. The lowest BCUT2D eigenvalue weighted by Gasteiger charge is -2.07. The van der Waals surface area contributed by atoms with Crippen molar-refractivity contribution in [2.24, 2.45) is 5.73 Å². The van der Waals surface area contributed by atoms with Crippen LogP contribution in [0.15, 0.2) is 12.1 Å². The van der Waals surface area contributed by atoms with E-state index in [4.69, 9.17) is 15.6 Å². The van der Waals surface area contributed by atoms with Gasteiger partial charge in [-0.25, -0.2) is 0 Å². The van der Waals surface area contributed by atoms with Gasteiger partial charge in [0.2, 0.25) is 0 Å². The molecule has 0 aliphatic carbocycles. The largest absolute Gasteiger partial charge is 0.482 e. The lowest BCUT2D eigenvalue weighted by molar-refractivity contribution is -0.119. The van der Waals surface area contributed by atoms with Crippen molar-refractivity contribution in [3.63, 3.8) is 0 Å². The first-order valence-corrected chi connectivity index (χ1v) is 4.12. The molecule has 0 aromatic carbocycles. The van der Waals surface area contributed by atoms with Crippen molar-refractivity contribution < 1.29 is 14.6 Å². The highest BCUT2D eigenvalue weighted by molar-refractivity contribution is 5.75. The Morgan fingerprint density at radius 1 is 1.64 bits per heavy atom. The second-order valence-corrected chi connectivity index (χ2v) is 2.81. The molecule has 5 heteroatoms. The summed E-state index contributed by atoms with van der Waals surface area (Å²) in [5.74, 6) is -0.175. The second-order valence-electron chi connectivity index (χ2n) is 2.81. The molecular formula is C9H12N2O3. The average molecular weight is 196 g/mol. The van der Waals surface area contributed by atoms with E-state index >= 15 is 0 Å². The number of aliphatic hydroxyl groups excluding tert-OH is 1. The number of nitrogens with zero attached hydrogens (tertiary/aromatic N) is 1. The Morgan fingerprint density at radius 2 is 2.36 bits per heavy atom. The molecule has 0 fully saturated rings. The summed E-state index contributed by atoms with van der Waals surface area (Å²) >= 11 is 0. The van der Waals surface area contributed by atoms with Gasteiger partial charge in [-0.15, -0.1) is 0 Å². The summed E-state index contributed by atoms with van der Waals surface area (Å²) in [5, 5.41) is 8.95. The molecule has 1 aromatic heterocycles. The first kappa shape index (κ1) is 10.5. The number of aromatic nitrogens is 1. The van der Waals surface area contributed by atoms with E-state index in [0.29, 0.717) is 11.4 Å². The maximum atomic E-state index is 10.5. The molecule has 1 heterocycles. The van der Waals surface area contributed by atoms with Crippen LogP contribution in [-0.4, -0.2) is 22.6 Å². The summed E-state index contributed by atoms with van der Waals surface area (Å²) < 4.78 is 5.05. The second kappa shape index (κ2) is 4.57. The topological polar surface area (TPSA) is 85.4 Å². The van der Waals surface area contributed by atoms with Crippen LogP contribution in [0.2, 0.25) is 0 Å². The van der Waals surface area contributed by atoms with Crippen molar-refractivity contribution in [1.29, 1.82) is 0 Å². The molecule has 0 radical (unpaired) electrons. The Hall–Kier alpha value is -1.62. The number of amides is 1. The number of pyridine rings is 1. The zero-order chi connectivity index (χ0) is 10.6. The normalized spacial score (nSPS) is 9.86. The summed E-state index contributed by atoms with van der Waals surface area (Å²) in [4.78, 5) is 14.5. The number of aryl methyl sites for hydroxylation is 1.